The van der Waals surface area contributed by atoms with Crippen LogP contribution in [0.2, 0.25) is 0 Å². The number of nitrogens with zero attached hydrogens (tertiary/aromatic N) is 4. The van der Waals surface area contributed by atoms with Gasteiger partial charge in [0.25, 0.3) is 5.95 Å². The van der Waals surface area contributed by atoms with Gasteiger partial charge in [-0.1, -0.05) is 12.0 Å². The average Bonchev–Trinajstić information content (AvgIpc) is 2.50. The molecule has 0 spiro atoms. The fraction of sp³-hybridized carbons (Fsp3) is 0.714. The smallest absolute Gasteiger partial charge is 0.270 e. The number of hydrogen-bond donors (Lipinski definition) is 2. The molecule has 14 heavy (non-hydrogen) atoms. The summed E-state index contributed by atoms with van der Waals surface area (Å²) in [6.45, 7) is 1.93. The van der Waals surface area contributed by atoms with Crippen molar-refractivity contribution in [3.05, 3.63) is 0 Å². The molecule has 0 saturated carbocycles. The molecule has 78 valence electrons. The van der Waals surface area contributed by atoms with Crippen molar-refractivity contribution in [2.24, 2.45) is 12.8 Å². The predicted molar refractivity (Wildman–Crippen MR) is 50.3 cm³/mol. The fourth-order valence-electron chi connectivity index (χ4n) is 0.892. The first-order valence-corrected chi connectivity index (χ1v) is 4.41. The van der Waals surface area contributed by atoms with Gasteiger partial charge in [0, 0.05) is 12.5 Å². The fourth-order valence-corrected chi connectivity index (χ4v) is 0.892. The number of aromatic nitrogens is 4. The van der Waals surface area contributed by atoms with Crippen LogP contribution in [0.15, 0.2) is 0 Å². The van der Waals surface area contributed by atoms with Gasteiger partial charge >= 0.3 is 0 Å². The maximum Gasteiger partial charge on any atom is 0.270 e. The number of carbonyl (C=O) groups is 1. The van der Waals surface area contributed by atoms with Crippen LogP contribution in [-0.4, -0.2) is 32.2 Å². The summed E-state index contributed by atoms with van der Waals surface area (Å²) in [5.74, 6) is 0.0214. The highest BCUT2D eigenvalue weighted by Crippen LogP contribution is 1.98. The van der Waals surface area contributed by atoms with Gasteiger partial charge in [0.05, 0.1) is 7.05 Å². The van der Waals surface area contributed by atoms with Crippen molar-refractivity contribution in [3.8, 4) is 0 Å². The quantitative estimate of drug-likeness (QED) is 0.665. The van der Waals surface area contributed by atoms with E-state index in [1.807, 2.05) is 6.92 Å². The number of nitrogens with one attached hydrogen (secondary N) is 1. The van der Waals surface area contributed by atoms with Crippen LogP contribution in [0.3, 0.4) is 0 Å². The van der Waals surface area contributed by atoms with Crippen molar-refractivity contribution in [2.75, 3.05) is 5.32 Å². The Morgan fingerprint density at radius 3 is 2.93 bits per heavy atom. The van der Waals surface area contributed by atoms with E-state index in [1.54, 1.807) is 7.05 Å². The molecule has 0 aliphatic heterocycles. The van der Waals surface area contributed by atoms with Gasteiger partial charge < -0.3 is 5.73 Å². The molecule has 3 N–H and O–H groups in total. The lowest BCUT2D eigenvalue weighted by Crippen LogP contribution is -2.26. The lowest BCUT2D eigenvalue weighted by molar-refractivity contribution is -0.116. The van der Waals surface area contributed by atoms with Crippen LogP contribution in [-0.2, 0) is 11.8 Å². The molecule has 0 aliphatic rings. The minimum absolute atomic E-state index is 0.119. The van der Waals surface area contributed by atoms with Gasteiger partial charge in [-0.3, -0.25) is 10.1 Å². The van der Waals surface area contributed by atoms with Crippen LogP contribution in [0.5, 0.6) is 0 Å². The zero-order valence-corrected chi connectivity index (χ0v) is 8.27. The summed E-state index contributed by atoms with van der Waals surface area (Å²) < 4.78 is 0. The maximum absolute atomic E-state index is 11.3. The molecule has 0 aromatic carbocycles. The molecular weight excluding hydrogens is 184 g/mol. The van der Waals surface area contributed by atoms with Crippen LogP contribution in [0.4, 0.5) is 5.95 Å². The van der Waals surface area contributed by atoms with E-state index in [4.69, 9.17) is 5.73 Å². The third-order valence-electron chi connectivity index (χ3n) is 1.73. The molecule has 0 radical (unpaired) electrons. The normalized spacial score (nSPS) is 12.5. The minimum atomic E-state index is -0.188. The summed E-state index contributed by atoms with van der Waals surface area (Å²) >= 11 is 0. The molecule has 0 aliphatic carbocycles. The second-order valence-corrected chi connectivity index (χ2v) is 3.02. The summed E-state index contributed by atoms with van der Waals surface area (Å²) in [6.07, 6.45) is 1.04. The predicted octanol–water partition coefficient (Wildman–Crippen LogP) is -0.724. The highest BCUT2D eigenvalue weighted by Gasteiger charge is 2.09. The van der Waals surface area contributed by atoms with E-state index < -0.39 is 0 Å². The Morgan fingerprint density at radius 2 is 2.43 bits per heavy atom. The van der Waals surface area contributed by atoms with E-state index in [-0.39, 0.29) is 24.3 Å². The van der Waals surface area contributed by atoms with Crippen molar-refractivity contribution in [2.45, 2.75) is 25.8 Å². The Morgan fingerprint density at radius 1 is 1.71 bits per heavy atom. The van der Waals surface area contributed by atoms with Crippen molar-refractivity contribution in [1.29, 1.82) is 0 Å². The van der Waals surface area contributed by atoms with E-state index in [0.717, 1.165) is 6.42 Å². The summed E-state index contributed by atoms with van der Waals surface area (Å²) in [7, 11) is 1.63. The van der Waals surface area contributed by atoms with Gasteiger partial charge in [0.15, 0.2) is 0 Å². The molecule has 1 amide bonds. The second-order valence-electron chi connectivity index (χ2n) is 3.02. The Balaban J connectivity index is 2.41. The average molecular weight is 198 g/mol. The van der Waals surface area contributed by atoms with Crippen LogP contribution in [0.25, 0.3) is 0 Å². The largest absolute Gasteiger partial charge is 0.327 e. The first kappa shape index (κ1) is 10.6. The Bertz CT molecular complexity index is 309. The van der Waals surface area contributed by atoms with Crippen LogP contribution >= 0.6 is 0 Å². The molecule has 1 atom stereocenters. The summed E-state index contributed by atoms with van der Waals surface area (Å²) in [6, 6.07) is -0.119. The first-order chi connectivity index (χ1) is 6.61. The minimum Gasteiger partial charge on any atom is -0.327 e. The van der Waals surface area contributed by atoms with Gasteiger partial charge in [-0.05, 0) is 11.6 Å². The van der Waals surface area contributed by atoms with Crippen LogP contribution in [0.1, 0.15) is 19.8 Å². The number of anilines is 1. The number of hydrogen-bond acceptors (Lipinski definition) is 5. The van der Waals surface area contributed by atoms with Crippen molar-refractivity contribution < 1.29 is 4.79 Å². The summed E-state index contributed by atoms with van der Waals surface area (Å²) in [5.41, 5.74) is 5.61. The van der Waals surface area contributed by atoms with Gasteiger partial charge in [-0.2, -0.15) is 4.80 Å². The third kappa shape index (κ3) is 3.09. The van der Waals surface area contributed by atoms with E-state index in [9.17, 15) is 4.79 Å². The van der Waals surface area contributed by atoms with Gasteiger partial charge in [0.2, 0.25) is 5.91 Å². The lowest BCUT2D eigenvalue weighted by Gasteiger charge is -2.06. The molecule has 1 unspecified atom stereocenters. The highest BCUT2D eigenvalue weighted by molar-refractivity contribution is 5.89. The zero-order chi connectivity index (χ0) is 10.6. The topological polar surface area (TPSA) is 98.7 Å². The number of rotatable bonds is 4. The van der Waals surface area contributed by atoms with Gasteiger partial charge in [-0.15, -0.1) is 5.10 Å². The monoisotopic (exact) mass is 198 g/mol. The molecule has 1 aromatic heterocycles. The Hall–Kier alpha value is -1.50. The number of tetrazole rings is 1. The molecule has 1 aromatic rings. The maximum atomic E-state index is 11.3. The van der Waals surface area contributed by atoms with E-state index >= 15 is 0 Å². The number of aryl methyl sites for hydroxylation is 1. The number of amides is 1. The first-order valence-electron chi connectivity index (χ1n) is 4.41. The molecule has 7 heteroatoms. The summed E-state index contributed by atoms with van der Waals surface area (Å²) in [5, 5.41) is 13.5. The number of carbonyl (C=O) groups excluding carboxylic acids is 1. The standard InChI is InChI=1S/C7H14N6O/c1-3-5(8)4-6(14)9-7-10-12-13(2)11-7/h5H,3-4,8H2,1-2H3,(H,9,11,14). The highest BCUT2D eigenvalue weighted by atomic mass is 16.1. The van der Waals surface area contributed by atoms with Crippen molar-refractivity contribution >= 4 is 11.9 Å². The lowest BCUT2D eigenvalue weighted by atomic mass is 10.1. The van der Waals surface area contributed by atoms with Gasteiger partial charge in [0.1, 0.15) is 0 Å². The number of nitrogens with two attached hydrogens (primary N) is 1. The molecular formula is C7H14N6O. The molecule has 7 nitrogen and oxygen atoms in total. The summed E-state index contributed by atoms with van der Waals surface area (Å²) in [4.78, 5) is 12.6. The van der Waals surface area contributed by atoms with E-state index in [2.05, 4.69) is 20.7 Å². The molecule has 0 saturated heterocycles. The Kier molecular flexibility index (Phi) is 3.52. The van der Waals surface area contributed by atoms with Crippen molar-refractivity contribution in [3.63, 3.8) is 0 Å². The Labute approximate surface area is 81.7 Å². The molecule has 0 bridgehead atoms. The van der Waals surface area contributed by atoms with E-state index in [0.29, 0.717) is 0 Å². The molecule has 0 fully saturated rings. The second kappa shape index (κ2) is 4.66. The van der Waals surface area contributed by atoms with Crippen molar-refractivity contribution in [1.82, 2.24) is 20.2 Å². The van der Waals surface area contributed by atoms with Crippen LogP contribution in [0, 0.1) is 0 Å². The van der Waals surface area contributed by atoms with E-state index in [1.165, 1.54) is 4.80 Å². The molecule has 1 heterocycles. The third-order valence-corrected chi connectivity index (χ3v) is 1.73. The zero-order valence-electron chi connectivity index (χ0n) is 8.27. The van der Waals surface area contributed by atoms with Gasteiger partial charge in [-0.25, -0.2) is 0 Å². The SMILES string of the molecule is CCC(N)CC(=O)Nc1nnn(C)n1. The molecule has 1 rings (SSSR count). The van der Waals surface area contributed by atoms with Crippen LogP contribution < -0.4 is 11.1 Å².